The number of carbonyl (C=O) groups is 3. The summed E-state index contributed by atoms with van der Waals surface area (Å²) in [5.41, 5.74) is 0. The van der Waals surface area contributed by atoms with Crippen molar-refractivity contribution in [3.63, 3.8) is 0 Å². The molecule has 6 nitrogen and oxygen atoms in total. The minimum absolute atomic E-state index is 0.0642. The van der Waals surface area contributed by atoms with Gasteiger partial charge >= 0.3 is 11.9 Å². The number of ether oxygens (including phenoxy) is 2. The highest BCUT2D eigenvalue weighted by Gasteiger charge is 2.11. The maximum absolute atomic E-state index is 11.6. The number of nitrogens with one attached hydrogen (secondary N) is 1. The second-order valence-corrected chi connectivity index (χ2v) is 4.36. The van der Waals surface area contributed by atoms with Gasteiger partial charge in [-0.1, -0.05) is 12.2 Å². The van der Waals surface area contributed by atoms with Gasteiger partial charge in [0.15, 0.2) is 0 Å². The zero-order valence-electron chi connectivity index (χ0n) is 12.5. The molecule has 0 bridgehead atoms. The molecule has 2 atom stereocenters. The third-order valence-electron chi connectivity index (χ3n) is 2.51. The Hall–Kier alpha value is -1.85. The van der Waals surface area contributed by atoms with Crippen molar-refractivity contribution in [2.24, 2.45) is 5.92 Å². The van der Waals surface area contributed by atoms with Crippen LogP contribution in [0, 0.1) is 5.92 Å². The Morgan fingerprint density at radius 1 is 1.15 bits per heavy atom. The van der Waals surface area contributed by atoms with Crippen molar-refractivity contribution in [2.45, 2.75) is 39.7 Å². The van der Waals surface area contributed by atoms with Crippen molar-refractivity contribution in [1.29, 1.82) is 0 Å². The molecule has 0 rings (SSSR count). The van der Waals surface area contributed by atoms with Crippen molar-refractivity contribution in [3.05, 3.63) is 12.2 Å². The molecule has 0 fully saturated rings. The molecular weight excluding hydrogens is 262 g/mol. The fraction of sp³-hybridized carbons (Fsp3) is 0.643. The lowest BCUT2D eigenvalue weighted by Crippen LogP contribution is -2.31. The van der Waals surface area contributed by atoms with E-state index in [1.54, 1.807) is 32.9 Å². The Kier molecular flexibility index (Phi) is 9.07. The van der Waals surface area contributed by atoms with E-state index in [1.165, 1.54) is 7.11 Å². The largest absolute Gasteiger partial charge is 0.469 e. The van der Waals surface area contributed by atoms with Crippen LogP contribution in [-0.4, -0.2) is 37.6 Å². The molecule has 0 saturated heterocycles. The fourth-order valence-corrected chi connectivity index (χ4v) is 1.42. The van der Waals surface area contributed by atoms with Crippen LogP contribution < -0.4 is 5.32 Å². The fourth-order valence-electron chi connectivity index (χ4n) is 1.42. The molecule has 0 aliphatic rings. The Balaban J connectivity index is 4.04. The smallest absolute Gasteiger partial charge is 0.312 e. The van der Waals surface area contributed by atoms with Crippen molar-refractivity contribution >= 4 is 17.8 Å². The van der Waals surface area contributed by atoms with Crippen LogP contribution in [0.5, 0.6) is 0 Å². The molecule has 20 heavy (non-hydrogen) atoms. The summed E-state index contributed by atoms with van der Waals surface area (Å²) in [5.74, 6) is -1.31. The maximum atomic E-state index is 11.6. The highest BCUT2D eigenvalue weighted by atomic mass is 16.5. The molecule has 0 heterocycles. The summed E-state index contributed by atoms with van der Waals surface area (Å²) in [5, 5.41) is 2.70. The Morgan fingerprint density at radius 2 is 1.80 bits per heavy atom. The monoisotopic (exact) mass is 285 g/mol. The van der Waals surface area contributed by atoms with Crippen LogP contribution in [0.3, 0.4) is 0 Å². The number of carbonyl (C=O) groups excluding carboxylic acids is 3. The van der Waals surface area contributed by atoms with Gasteiger partial charge in [-0.15, -0.1) is 0 Å². The normalized spacial score (nSPS) is 13.6. The Morgan fingerprint density at radius 3 is 2.35 bits per heavy atom. The Labute approximate surface area is 119 Å². The van der Waals surface area contributed by atoms with E-state index in [9.17, 15) is 14.4 Å². The minimum Gasteiger partial charge on any atom is -0.469 e. The highest BCUT2D eigenvalue weighted by molar-refractivity contribution is 5.81. The average Bonchev–Trinajstić information content (AvgIpc) is 2.41. The molecular formula is C14H23NO5. The van der Waals surface area contributed by atoms with Gasteiger partial charge in [0.05, 0.1) is 26.1 Å². The first kappa shape index (κ1) is 18.1. The number of hydrogen-bond acceptors (Lipinski definition) is 5. The summed E-state index contributed by atoms with van der Waals surface area (Å²) in [6.07, 6.45) is 3.53. The lowest BCUT2D eigenvalue weighted by Gasteiger charge is -2.10. The SMILES string of the molecule is CCOC(=O)CCC(=O)N[C@H](C)/C=C/[C@@H](C)C(=O)OC. The first-order valence-corrected chi connectivity index (χ1v) is 6.61. The summed E-state index contributed by atoms with van der Waals surface area (Å²) >= 11 is 0. The molecule has 114 valence electrons. The molecule has 0 aromatic heterocycles. The second-order valence-electron chi connectivity index (χ2n) is 4.36. The van der Waals surface area contributed by atoms with Crippen LogP contribution in [0.1, 0.15) is 33.6 Å². The molecule has 1 N–H and O–H groups in total. The number of methoxy groups -OCH3 is 1. The first-order valence-electron chi connectivity index (χ1n) is 6.61. The molecule has 0 aliphatic heterocycles. The molecule has 0 aliphatic carbocycles. The van der Waals surface area contributed by atoms with E-state index in [4.69, 9.17) is 4.74 Å². The molecule has 1 amide bonds. The maximum Gasteiger partial charge on any atom is 0.312 e. The van der Waals surface area contributed by atoms with Crippen LogP contribution in [-0.2, 0) is 23.9 Å². The standard InChI is InChI=1S/C14H23NO5/c1-5-20-13(17)9-8-12(16)15-11(3)7-6-10(2)14(18)19-4/h6-7,10-11H,5,8-9H2,1-4H3,(H,15,16)/b7-6+/t10-,11-/m1/s1. The number of amides is 1. The molecule has 6 heteroatoms. The lowest BCUT2D eigenvalue weighted by molar-refractivity contribution is -0.144. The topological polar surface area (TPSA) is 81.7 Å². The van der Waals surface area contributed by atoms with Crippen molar-refractivity contribution < 1.29 is 23.9 Å². The zero-order chi connectivity index (χ0) is 15.5. The summed E-state index contributed by atoms with van der Waals surface area (Å²) in [4.78, 5) is 33.8. The lowest BCUT2D eigenvalue weighted by atomic mass is 10.1. The van der Waals surface area contributed by atoms with Crippen LogP contribution in [0.15, 0.2) is 12.2 Å². The second kappa shape index (κ2) is 10.00. The molecule has 0 aromatic rings. The number of rotatable bonds is 8. The summed E-state index contributed by atoms with van der Waals surface area (Å²) in [6, 6.07) is -0.225. The highest BCUT2D eigenvalue weighted by Crippen LogP contribution is 2.01. The van der Waals surface area contributed by atoms with Gasteiger partial charge in [0, 0.05) is 12.5 Å². The molecule has 0 unspecified atom stereocenters. The summed E-state index contributed by atoms with van der Waals surface area (Å²) in [6.45, 7) is 5.51. The van der Waals surface area contributed by atoms with Gasteiger partial charge in [-0.3, -0.25) is 14.4 Å². The minimum atomic E-state index is -0.384. The van der Waals surface area contributed by atoms with Crippen LogP contribution >= 0.6 is 0 Å². The molecule has 0 spiro atoms. The summed E-state index contributed by atoms with van der Waals surface area (Å²) in [7, 11) is 1.33. The summed E-state index contributed by atoms with van der Waals surface area (Å²) < 4.78 is 9.31. The van der Waals surface area contributed by atoms with Gasteiger partial charge in [0.2, 0.25) is 5.91 Å². The third-order valence-corrected chi connectivity index (χ3v) is 2.51. The van der Waals surface area contributed by atoms with Crippen molar-refractivity contribution in [3.8, 4) is 0 Å². The predicted molar refractivity (Wildman–Crippen MR) is 73.8 cm³/mol. The number of hydrogen-bond donors (Lipinski definition) is 1. The van der Waals surface area contributed by atoms with Crippen molar-refractivity contribution in [1.82, 2.24) is 5.32 Å². The Bertz CT molecular complexity index is 365. The average molecular weight is 285 g/mol. The zero-order valence-corrected chi connectivity index (χ0v) is 12.5. The van der Waals surface area contributed by atoms with Gasteiger partial charge < -0.3 is 14.8 Å². The van der Waals surface area contributed by atoms with Gasteiger partial charge in [-0.25, -0.2) is 0 Å². The molecule has 0 saturated carbocycles. The molecule has 0 radical (unpaired) electrons. The van der Waals surface area contributed by atoms with E-state index in [2.05, 4.69) is 10.1 Å². The molecule has 0 aromatic carbocycles. The van der Waals surface area contributed by atoms with Crippen LogP contribution in [0.2, 0.25) is 0 Å². The van der Waals surface area contributed by atoms with E-state index in [1.807, 2.05) is 0 Å². The van der Waals surface area contributed by atoms with Crippen LogP contribution in [0.4, 0.5) is 0 Å². The van der Waals surface area contributed by atoms with E-state index in [-0.39, 0.29) is 42.6 Å². The quantitative estimate of drug-likeness (QED) is 0.535. The van der Waals surface area contributed by atoms with E-state index in [0.717, 1.165) is 0 Å². The third kappa shape index (κ3) is 8.29. The van der Waals surface area contributed by atoms with Gasteiger partial charge in [-0.2, -0.15) is 0 Å². The van der Waals surface area contributed by atoms with Gasteiger partial charge in [-0.05, 0) is 20.8 Å². The van der Waals surface area contributed by atoms with E-state index in [0.29, 0.717) is 6.61 Å². The van der Waals surface area contributed by atoms with Crippen LogP contribution in [0.25, 0.3) is 0 Å². The first-order chi connectivity index (χ1) is 9.40. The van der Waals surface area contributed by atoms with E-state index >= 15 is 0 Å². The van der Waals surface area contributed by atoms with Gasteiger partial charge in [0.1, 0.15) is 0 Å². The van der Waals surface area contributed by atoms with Crippen molar-refractivity contribution in [2.75, 3.05) is 13.7 Å². The van der Waals surface area contributed by atoms with Gasteiger partial charge in [0.25, 0.3) is 0 Å². The van der Waals surface area contributed by atoms with E-state index < -0.39 is 0 Å². The number of esters is 2. The predicted octanol–water partition coefficient (Wildman–Crippen LogP) is 1.20.